The van der Waals surface area contributed by atoms with Crippen LogP contribution in [0.15, 0.2) is 54.6 Å². The van der Waals surface area contributed by atoms with E-state index in [1.807, 2.05) is 62.6 Å². The molecule has 2 aromatic carbocycles. The van der Waals surface area contributed by atoms with Crippen molar-refractivity contribution >= 4 is 5.78 Å². The summed E-state index contributed by atoms with van der Waals surface area (Å²) in [6.45, 7) is 1.45. The van der Waals surface area contributed by atoms with Gasteiger partial charge in [0, 0.05) is 17.7 Å². The third kappa shape index (κ3) is 3.93. The lowest BCUT2D eigenvalue weighted by Crippen LogP contribution is -2.19. The molecule has 0 atom stereocenters. The second-order valence-electron chi connectivity index (χ2n) is 4.87. The summed E-state index contributed by atoms with van der Waals surface area (Å²) < 4.78 is 5.65. The zero-order chi connectivity index (χ0) is 14.4. The first kappa shape index (κ1) is 14.3. The van der Waals surface area contributed by atoms with Crippen LogP contribution in [0.5, 0.6) is 5.75 Å². The van der Waals surface area contributed by atoms with Crippen LogP contribution in [0.4, 0.5) is 0 Å². The van der Waals surface area contributed by atoms with Gasteiger partial charge in [-0.2, -0.15) is 0 Å². The molecule has 3 nitrogen and oxygen atoms in total. The maximum atomic E-state index is 12.3. The van der Waals surface area contributed by atoms with E-state index in [0.29, 0.717) is 17.7 Å². The summed E-state index contributed by atoms with van der Waals surface area (Å²) in [6, 6.07) is 16.6. The number of nitrogens with zero attached hydrogens (tertiary/aromatic N) is 1. The highest BCUT2D eigenvalue weighted by atomic mass is 16.5. The van der Waals surface area contributed by atoms with E-state index < -0.39 is 0 Å². The quantitative estimate of drug-likeness (QED) is 0.755. The van der Waals surface area contributed by atoms with Gasteiger partial charge in [0.05, 0.1) is 0 Å². The number of rotatable bonds is 6. The predicted octanol–water partition coefficient (Wildman–Crippen LogP) is 2.86. The average Bonchev–Trinajstić information content (AvgIpc) is 2.47. The molecule has 0 aliphatic heterocycles. The molecule has 104 valence electrons. The summed E-state index contributed by atoms with van der Waals surface area (Å²) in [5.41, 5.74) is 1.34. The van der Waals surface area contributed by atoms with Crippen molar-refractivity contribution in [1.82, 2.24) is 4.90 Å². The minimum Gasteiger partial charge on any atom is -0.492 e. The maximum absolute atomic E-state index is 12.3. The highest BCUT2D eigenvalue weighted by Gasteiger charge is 2.09. The molecule has 0 heterocycles. The largest absolute Gasteiger partial charge is 0.492 e. The van der Waals surface area contributed by atoms with Crippen LogP contribution in [0.3, 0.4) is 0 Å². The van der Waals surface area contributed by atoms with E-state index in [2.05, 4.69) is 4.90 Å². The minimum absolute atomic E-state index is 0.0173. The topological polar surface area (TPSA) is 29.5 Å². The van der Waals surface area contributed by atoms with Crippen molar-refractivity contribution in [2.24, 2.45) is 0 Å². The number of likely N-dealkylation sites (N-methyl/N-ethyl adjacent to an activating group) is 1. The molecular formula is C17H19NO2. The second-order valence-corrected chi connectivity index (χ2v) is 4.87. The number of ketones is 1. The van der Waals surface area contributed by atoms with Crippen molar-refractivity contribution in [1.29, 1.82) is 0 Å². The number of hydrogen-bond donors (Lipinski definition) is 0. The molecule has 2 rings (SSSR count). The average molecular weight is 269 g/mol. The number of ether oxygens (including phenoxy) is 1. The fourth-order valence-corrected chi connectivity index (χ4v) is 1.83. The lowest BCUT2D eigenvalue weighted by atomic mass is 10.0. The van der Waals surface area contributed by atoms with E-state index in [9.17, 15) is 4.79 Å². The van der Waals surface area contributed by atoms with Crippen molar-refractivity contribution in [2.45, 2.75) is 0 Å². The lowest BCUT2D eigenvalue weighted by molar-refractivity contribution is 0.103. The van der Waals surface area contributed by atoms with E-state index in [1.165, 1.54) is 0 Å². The van der Waals surface area contributed by atoms with Gasteiger partial charge < -0.3 is 9.64 Å². The zero-order valence-corrected chi connectivity index (χ0v) is 11.9. The Hall–Kier alpha value is -2.13. The van der Waals surface area contributed by atoms with Crippen LogP contribution in [-0.2, 0) is 0 Å². The Labute approximate surface area is 119 Å². The van der Waals surface area contributed by atoms with Crippen LogP contribution >= 0.6 is 0 Å². The third-order valence-corrected chi connectivity index (χ3v) is 2.94. The van der Waals surface area contributed by atoms with E-state index in [-0.39, 0.29) is 5.78 Å². The molecule has 0 bridgehead atoms. The Bertz CT molecular complexity index is 564. The molecule has 0 radical (unpaired) electrons. The molecule has 0 saturated heterocycles. The van der Waals surface area contributed by atoms with Crippen LogP contribution in [0, 0.1) is 0 Å². The van der Waals surface area contributed by atoms with Gasteiger partial charge >= 0.3 is 0 Å². The Morgan fingerprint density at radius 1 is 1.00 bits per heavy atom. The summed E-state index contributed by atoms with van der Waals surface area (Å²) in [5, 5.41) is 0. The highest BCUT2D eigenvalue weighted by molar-refractivity contribution is 6.09. The first-order valence-electron chi connectivity index (χ1n) is 6.64. The summed E-state index contributed by atoms with van der Waals surface area (Å²) >= 11 is 0. The molecule has 0 amide bonds. The van der Waals surface area contributed by atoms with Gasteiger partial charge in [0.25, 0.3) is 0 Å². The number of carbonyl (C=O) groups excluding carboxylic acids is 1. The first-order valence-corrected chi connectivity index (χ1v) is 6.64. The minimum atomic E-state index is 0.0173. The van der Waals surface area contributed by atoms with E-state index >= 15 is 0 Å². The second kappa shape index (κ2) is 6.87. The summed E-state index contributed by atoms with van der Waals surface area (Å²) in [6.07, 6.45) is 0. The van der Waals surface area contributed by atoms with Gasteiger partial charge in [-0.05, 0) is 26.2 Å². The van der Waals surface area contributed by atoms with Crippen LogP contribution in [0.1, 0.15) is 15.9 Å². The maximum Gasteiger partial charge on any atom is 0.193 e. The van der Waals surface area contributed by atoms with Gasteiger partial charge in [-0.1, -0.05) is 42.5 Å². The van der Waals surface area contributed by atoms with Crippen molar-refractivity contribution in [2.75, 3.05) is 27.2 Å². The standard InChI is InChI=1S/C17H19NO2/c1-18(2)11-12-20-16-10-6-9-15(13-16)17(19)14-7-4-3-5-8-14/h3-10,13H,11-12H2,1-2H3. The van der Waals surface area contributed by atoms with Crippen LogP contribution in [0.2, 0.25) is 0 Å². The summed E-state index contributed by atoms with van der Waals surface area (Å²) in [7, 11) is 4.00. The van der Waals surface area contributed by atoms with Gasteiger partial charge in [-0.15, -0.1) is 0 Å². The number of carbonyl (C=O) groups is 1. The molecular weight excluding hydrogens is 250 g/mol. The monoisotopic (exact) mass is 269 g/mol. The molecule has 0 N–H and O–H groups in total. The third-order valence-electron chi connectivity index (χ3n) is 2.94. The van der Waals surface area contributed by atoms with Gasteiger partial charge in [-0.3, -0.25) is 4.79 Å². The van der Waals surface area contributed by atoms with Gasteiger partial charge in [-0.25, -0.2) is 0 Å². The van der Waals surface area contributed by atoms with Crippen LogP contribution in [-0.4, -0.2) is 37.9 Å². The molecule has 0 fully saturated rings. The summed E-state index contributed by atoms with van der Waals surface area (Å²) in [5.74, 6) is 0.747. The van der Waals surface area contributed by atoms with Gasteiger partial charge in [0.15, 0.2) is 5.78 Å². The van der Waals surface area contributed by atoms with E-state index in [0.717, 1.165) is 12.3 Å². The Balaban J connectivity index is 2.08. The van der Waals surface area contributed by atoms with E-state index in [4.69, 9.17) is 4.74 Å². The molecule has 0 saturated carbocycles. The van der Waals surface area contributed by atoms with Crippen molar-refractivity contribution in [3.63, 3.8) is 0 Å². The normalized spacial score (nSPS) is 10.6. The van der Waals surface area contributed by atoms with E-state index in [1.54, 1.807) is 6.07 Å². The molecule has 20 heavy (non-hydrogen) atoms. The molecule has 0 aliphatic carbocycles. The van der Waals surface area contributed by atoms with Crippen LogP contribution in [0.25, 0.3) is 0 Å². The fraction of sp³-hybridized carbons (Fsp3) is 0.235. The zero-order valence-electron chi connectivity index (χ0n) is 11.9. The summed E-state index contributed by atoms with van der Waals surface area (Å²) in [4.78, 5) is 14.4. The van der Waals surface area contributed by atoms with Crippen LogP contribution < -0.4 is 4.74 Å². The molecule has 2 aromatic rings. The molecule has 0 aliphatic rings. The molecule has 0 unspecified atom stereocenters. The van der Waals surface area contributed by atoms with Gasteiger partial charge in [0.2, 0.25) is 0 Å². The Morgan fingerprint density at radius 2 is 1.70 bits per heavy atom. The SMILES string of the molecule is CN(C)CCOc1cccc(C(=O)c2ccccc2)c1. The Kier molecular flexibility index (Phi) is 4.91. The van der Waals surface area contributed by atoms with Crippen molar-refractivity contribution in [3.05, 3.63) is 65.7 Å². The predicted molar refractivity (Wildman–Crippen MR) is 80.4 cm³/mol. The number of hydrogen-bond acceptors (Lipinski definition) is 3. The molecule has 3 heteroatoms. The van der Waals surface area contributed by atoms with Gasteiger partial charge in [0.1, 0.15) is 12.4 Å². The first-order chi connectivity index (χ1) is 9.66. The molecule has 0 aromatic heterocycles. The fourth-order valence-electron chi connectivity index (χ4n) is 1.83. The smallest absolute Gasteiger partial charge is 0.193 e. The van der Waals surface area contributed by atoms with Crippen molar-refractivity contribution < 1.29 is 9.53 Å². The highest BCUT2D eigenvalue weighted by Crippen LogP contribution is 2.16. The van der Waals surface area contributed by atoms with Crippen molar-refractivity contribution in [3.8, 4) is 5.75 Å². The number of benzene rings is 2. The lowest BCUT2D eigenvalue weighted by Gasteiger charge is -2.11. The Morgan fingerprint density at radius 3 is 2.40 bits per heavy atom. The molecule has 0 spiro atoms.